The zero-order valence-electron chi connectivity index (χ0n) is 15.5. The molecule has 6 heteroatoms. The summed E-state index contributed by atoms with van der Waals surface area (Å²) in [6.45, 7) is 3.74. The molecule has 1 aromatic rings. The largest absolute Gasteiger partial charge is 0.371 e. The molecule has 2 N–H and O–H groups in total. The Bertz CT molecular complexity index is 628. The van der Waals surface area contributed by atoms with Crippen LogP contribution in [0.15, 0.2) is 24.4 Å². The number of nitrogens with two attached hydrogens (primary N) is 1. The van der Waals surface area contributed by atoms with E-state index in [-0.39, 0.29) is 29.8 Å². The van der Waals surface area contributed by atoms with E-state index in [2.05, 4.69) is 11.9 Å². The third kappa shape index (κ3) is 4.23. The number of hydrogen-bond acceptors (Lipinski definition) is 4. The van der Waals surface area contributed by atoms with Crippen LogP contribution in [-0.4, -0.2) is 48.0 Å². The van der Waals surface area contributed by atoms with Gasteiger partial charge in [0, 0.05) is 42.2 Å². The Kier molecular flexibility index (Phi) is 5.91. The molecule has 2 unspecified atom stereocenters. The molecule has 0 spiro atoms. The van der Waals surface area contributed by atoms with Crippen molar-refractivity contribution in [3.8, 4) is 0 Å². The van der Waals surface area contributed by atoms with E-state index < -0.39 is 5.91 Å². The fourth-order valence-corrected chi connectivity index (χ4v) is 4.37. The first-order chi connectivity index (χ1) is 12.5. The monoisotopic (exact) mass is 359 g/mol. The van der Waals surface area contributed by atoms with Gasteiger partial charge in [0.25, 0.3) is 0 Å². The summed E-state index contributed by atoms with van der Waals surface area (Å²) < 4.78 is 5.49. The van der Waals surface area contributed by atoms with Crippen molar-refractivity contribution in [1.29, 1.82) is 0 Å². The lowest BCUT2D eigenvalue weighted by Crippen LogP contribution is -2.42. The normalized spacial score (nSPS) is 25.2. The molecular formula is C20H29N3O3. The van der Waals surface area contributed by atoms with Crippen molar-refractivity contribution < 1.29 is 14.3 Å². The summed E-state index contributed by atoms with van der Waals surface area (Å²) >= 11 is 0. The minimum absolute atomic E-state index is 0.0862. The van der Waals surface area contributed by atoms with Crippen molar-refractivity contribution in [3.05, 3.63) is 30.1 Å². The average Bonchev–Trinajstić information content (AvgIpc) is 3.06. The number of nitrogens with zero attached hydrogens (tertiary/aromatic N) is 2. The van der Waals surface area contributed by atoms with Gasteiger partial charge < -0.3 is 15.4 Å². The number of likely N-dealkylation sites (tertiary alicyclic amines) is 1. The summed E-state index contributed by atoms with van der Waals surface area (Å²) in [7, 11) is 0. The highest BCUT2D eigenvalue weighted by atomic mass is 16.5. The number of pyridine rings is 1. The van der Waals surface area contributed by atoms with Gasteiger partial charge in [0.2, 0.25) is 11.8 Å². The molecule has 2 amide bonds. The zero-order chi connectivity index (χ0) is 18.6. The lowest BCUT2D eigenvalue weighted by Gasteiger charge is -2.35. The van der Waals surface area contributed by atoms with Crippen molar-refractivity contribution in [2.45, 2.75) is 44.9 Å². The Balaban J connectivity index is 1.72. The molecule has 6 nitrogen and oxygen atoms in total. The minimum atomic E-state index is -0.472. The first kappa shape index (κ1) is 18.8. The summed E-state index contributed by atoms with van der Waals surface area (Å²) in [6.07, 6.45) is 7.21. The minimum Gasteiger partial charge on any atom is -0.371 e. The van der Waals surface area contributed by atoms with Crippen LogP contribution in [0.4, 0.5) is 0 Å². The molecule has 26 heavy (non-hydrogen) atoms. The zero-order valence-corrected chi connectivity index (χ0v) is 15.5. The quantitative estimate of drug-likeness (QED) is 0.843. The van der Waals surface area contributed by atoms with Gasteiger partial charge in [0.05, 0.1) is 6.61 Å². The SMILES string of the molecule is CC1(C(=O)N2CC(COCC(N)=O)C(c3ccccn3)C2)CCCCC1. The van der Waals surface area contributed by atoms with Crippen LogP contribution < -0.4 is 5.73 Å². The Labute approximate surface area is 155 Å². The van der Waals surface area contributed by atoms with E-state index in [1.54, 1.807) is 6.20 Å². The maximum Gasteiger partial charge on any atom is 0.243 e. The van der Waals surface area contributed by atoms with Crippen molar-refractivity contribution in [3.63, 3.8) is 0 Å². The highest BCUT2D eigenvalue weighted by Crippen LogP contribution is 2.40. The van der Waals surface area contributed by atoms with Crippen LogP contribution in [0.5, 0.6) is 0 Å². The standard InChI is InChI=1S/C20H29N3O3/c1-20(8-4-2-5-9-20)19(25)23-11-15(13-26-14-18(21)24)16(12-23)17-7-3-6-10-22-17/h3,6-7,10,15-16H,2,4-5,8-9,11-14H2,1H3,(H2,21,24). The van der Waals surface area contributed by atoms with Crippen LogP contribution >= 0.6 is 0 Å². The van der Waals surface area contributed by atoms with E-state index >= 15 is 0 Å². The molecule has 1 saturated heterocycles. The molecule has 142 valence electrons. The average molecular weight is 359 g/mol. The fraction of sp³-hybridized carbons (Fsp3) is 0.650. The molecule has 3 rings (SSSR count). The van der Waals surface area contributed by atoms with E-state index in [0.717, 1.165) is 31.4 Å². The second-order valence-corrected chi connectivity index (χ2v) is 7.93. The molecule has 2 aliphatic rings. The first-order valence-electron chi connectivity index (χ1n) is 9.56. The van der Waals surface area contributed by atoms with Gasteiger partial charge in [-0.3, -0.25) is 14.6 Å². The lowest BCUT2D eigenvalue weighted by molar-refractivity contribution is -0.142. The molecular weight excluding hydrogens is 330 g/mol. The van der Waals surface area contributed by atoms with Gasteiger partial charge >= 0.3 is 0 Å². The number of carbonyl (C=O) groups excluding carboxylic acids is 2. The second-order valence-electron chi connectivity index (χ2n) is 7.93. The van der Waals surface area contributed by atoms with Gasteiger partial charge in [-0.15, -0.1) is 0 Å². The Morgan fingerprint density at radius 3 is 2.69 bits per heavy atom. The van der Waals surface area contributed by atoms with Crippen LogP contribution in [0.25, 0.3) is 0 Å². The van der Waals surface area contributed by atoms with Crippen molar-refractivity contribution in [2.24, 2.45) is 17.1 Å². The Morgan fingerprint density at radius 2 is 2.04 bits per heavy atom. The molecule has 1 aromatic heterocycles. The maximum atomic E-state index is 13.2. The maximum absolute atomic E-state index is 13.2. The third-order valence-electron chi connectivity index (χ3n) is 5.85. The highest BCUT2D eigenvalue weighted by Gasteiger charge is 2.43. The van der Waals surface area contributed by atoms with E-state index in [1.807, 2.05) is 23.1 Å². The van der Waals surface area contributed by atoms with Gasteiger partial charge in [0.15, 0.2) is 0 Å². The number of primary amides is 1. The fourth-order valence-electron chi connectivity index (χ4n) is 4.37. The summed E-state index contributed by atoms with van der Waals surface area (Å²) in [5.41, 5.74) is 5.91. The predicted molar refractivity (Wildman–Crippen MR) is 98.3 cm³/mol. The van der Waals surface area contributed by atoms with Gasteiger partial charge in [-0.1, -0.05) is 32.3 Å². The van der Waals surface area contributed by atoms with E-state index in [9.17, 15) is 9.59 Å². The van der Waals surface area contributed by atoms with E-state index in [0.29, 0.717) is 19.7 Å². The number of ether oxygens (including phenoxy) is 1. The summed E-state index contributed by atoms with van der Waals surface area (Å²) in [5.74, 6) is 0.0381. The van der Waals surface area contributed by atoms with Crippen LogP contribution in [0.3, 0.4) is 0 Å². The predicted octanol–water partition coefficient (Wildman–Crippen LogP) is 2.10. The van der Waals surface area contributed by atoms with Crippen molar-refractivity contribution in [1.82, 2.24) is 9.88 Å². The van der Waals surface area contributed by atoms with E-state index in [1.165, 1.54) is 6.42 Å². The molecule has 0 radical (unpaired) electrons. The van der Waals surface area contributed by atoms with Crippen LogP contribution in [0.1, 0.15) is 50.6 Å². The smallest absolute Gasteiger partial charge is 0.243 e. The molecule has 1 saturated carbocycles. The molecule has 1 aliphatic heterocycles. The molecule has 0 bridgehead atoms. The number of hydrogen-bond donors (Lipinski definition) is 1. The van der Waals surface area contributed by atoms with Gasteiger partial charge in [0.1, 0.15) is 6.61 Å². The van der Waals surface area contributed by atoms with Crippen LogP contribution in [-0.2, 0) is 14.3 Å². The summed E-state index contributed by atoms with van der Waals surface area (Å²) in [5, 5.41) is 0. The first-order valence-corrected chi connectivity index (χ1v) is 9.56. The van der Waals surface area contributed by atoms with Gasteiger partial charge in [-0.2, -0.15) is 0 Å². The number of rotatable bonds is 6. The molecule has 2 fully saturated rings. The Hall–Kier alpha value is -1.95. The second kappa shape index (κ2) is 8.16. The molecule has 0 aromatic carbocycles. The molecule has 2 atom stereocenters. The summed E-state index contributed by atoms with van der Waals surface area (Å²) in [6, 6.07) is 5.86. The van der Waals surface area contributed by atoms with Crippen molar-refractivity contribution in [2.75, 3.05) is 26.3 Å². The van der Waals surface area contributed by atoms with Gasteiger partial charge in [-0.05, 0) is 25.0 Å². The number of aromatic nitrogens is 1. The third-order valence-corrected chi connectivity index (χ3v) is 5.85. The number of carbonyl (C=O) groups is 2. The number of amides is 2. The van der Waals surface area contributed by atoms with Crippen molar-refractivity contribution >= 4 is 11.8 Å². The van der Waals surface area contributed by atoms with E-state index in [4.69, 9.17) is 10.5 Å². The van der Waals surface area contributed by atoms with Crippen LogP contribution in [0.2, 0.25) is 0 Å². The van der Waals surface area contributed by atoms with Gasteiger partial charge in [-0.25, -0.2) is 0 Å². The Morgan fingerprint density at radius 1 is 1.27 bits per heavy atom. The highest BCUT2D eigenvalue weighted by molar-refractivity contribution is 5.83. The molecule has 2 heterocycles. The lowest BCUT2D eigenvalue weighted by atomic mass is 9.74. The topological polar surface area (TPSA) is 85.5 Å². The molecule has 1 aliphatic carbocycles. The van der Waals surface area contributed by atoms with Crippen LogP contribution in [0, 0.1) is 11.3 Å². The summed E-state index contributed by atoms with van der Waals surface area (Å²) in [4.78, 5) is 30.7.